The molecule has 0 saturated heterocycles. The molecule has 2 nitrogen and oxygen atoms in total. The summed E-state index contributed by atoms with van der Waals surface area (Å²) in [6.07, 6.45) is 0. The second-order valence-electron chi connectivity index (χ2n) is 3.89. The topological polar surface area (TPSA) is 30.0 Å². The summed E-state index contributed by atoms with van der Waals surface area (Å²) < 4.78 is 0.933. The van der Waals surface area contributed by atoms with Crippen LogP contribution in [-0.2, 0) is 0 Å². The fourth-order valence-electron chi connectivity index (χ4n) is 1.44. The zero-order chi connectivity index (χ0) is 13.1. The Kier molecular flexibility index (Phi) is 4.43. The van der Waals surface area contributed by atoms with Gasteiger partial charge in [0.05, 0.1) is 5.25 Å². The number of rotatable bonds is 4. The molecule has 2 aromatic rings. The smallest absolute Gasteiger partial charge is 0.175 e. The first kappa shape index (κ1) is 13.6. The number of thiazole rings is 1. The largest absolute Gasteiger partial charge is 0.293 e. The fourth-order valence-corrected chi connectivity index (χ4v) is 3.63. The Morgan fingerprint density at radius 3 is 2.61 bits per heavy atom. The van der Waals surface area contributed by atoms with Crippen LogP contribution in [0.1, 0.15) is 23.0 Å². The number of thioether (sulfide) groups is 1. The normalized spacial score (nSPS) is 12.4. The summed E-state index contributed by atoms with van der Waals surface area (Å²) in [5.41, 5.74) is 1.68. The van der Waals surface area contributed by atoms with E-state index in [-0.39, 0.29) is 11.0 Å². The van der Waals surface area contributed by atoms with Gasteiger partial charge in [-0.05, 0) is 38.1 Å². The van der Waals surface area contributed by atoms with E-state index in [1.807, 2.05) is 19.2 Å². The Morgan fingerprint density at radius 1 is 1.39 bits per heavy atom. The van der Waals surface area contributed by atoms with Gasteiger partial charge < -0.3 is 0 Å². The summed E-state index contributed by atoms with van der Waals surface area (Å²) in [6.45, 7) is 3.85. The van der Waals surface area contributed by atoms with Gasteiger partial charge in [-0.25, -0.2) is 4.98 Å². The number of aromatic nitrogens is 1. The van der Waals surface area contributed by atoms with Gasteiger partial charge >= 0.3 is 0 Å². The number of nitrogens with zero attached hydrogens (tertiary/aromatic N) is 1. The van der Waals surface area contributed by atoms with E-state index in [1.165, 1.54) is 11.8 Å². The molecule has 0 aliphatic heterocycles. The number of carbonyl (C=O) groups excluding carboxylic acids is 1. The van der Waals surface area contributed by atoms with E-state index < -0.39 is 0 Å². The van der Waals surface area contributed by atoms with Crippen molar-refractivity contribution in [2.75, 3.05) is 0 Å². The minimum atomic E-state index is -0.142. The van der Waals surface area contributed by atoms with Crippen molar-refractivity contribution in [3.05, 3.63) is 45.9 Å². The third-order valence-corrected chi connectivity index (χ3v) is 4.82. The number of hydrogen-bond acceptors (Lipinski definition) is 4. The van der Waals surface area contributed by atoms with Crippen molar-refractivity contribution >= 4 is 40.5 Å². The Hall–Kier alpha value is -0.840. The van der Waals surface area contributed by atoms with Gasteiger partial charge in [0.25, 0.3) is 0 Å². The zero-order valence-corrected chi connectivity index (χ0v) is 12.4. The quantitative estimate of drug-likeness (QED) is 0.616. The molecule has 0 radical (unpaired) electrons. The van der Waals surface area contributed by atoms with Gasteiger partial charge in [-0.1, -0.05) is 23.4 Å². The molecule has 0 bridgehead atoms. The van der Waals surface area contributed by atoms with Crippen LogP contribution in [0.5, 0.6) is 0 Å². The van der Waals surface area contributed by atoms with E-state index >= 15 is 0 Å². The summed E-state index contributed by atoms with van der Waals surface area (Å²) in [6, 6.07) is 6.99. The number of aryl methyl sites for hydroxylation is 1. The van der Waals surface area contributed by atoms with Gasteiger partial charge in [0, 0.05) is 21.7 Å². The maximum absolute atomic E-state index is 12.2. The lowest BCUT2D eigenvalue weighted by Crippen LogP contribution is -2.13. The van der Waals surface area contributed by atoms with Crippen LogP contribution < -0.4 is 0 Å². The Labute approximate surface area is 119 Å². The van der Waals surface area contributed by atoms with Gasteiger partial charge in [-0.15, -0.1) is 11.3 Å². The molecule has 18 heavy (non-hydrogen) atoms. The first-order valence-electron chi connectivity index (χ1n) is 5.45. The molecule has 0 fully saturated rings. The molecule has 0 amide bonds. The van der Waals surface area contributed by atoms with Crippen LogP contribution in [0.3, 0.4) is 0 Å². The molecule has 5 heteroatoms. The summed E-state index contributed by atoms with van der Waals surface area (Å²) in [7, 11) is 0. The van der Waals surface area contributed by atoms with Gasteiger partial charge in [-0.2, -0.15) is 0 Å². The molecule has 1 aromatic carbocycles. The molecule has 0 spiro atoms. The molecule has 0 saturated carbocycles. The molecule has 0 N–H and O–H groups in total. The number of ketones is 1. The molecule has 2 rings (SSSR count). The highest BCUT2D eigenvalue weighted by atomic mass is 35.5. The molecule has 1 atom stereocenters. The minimum absolute atomic E-state index is 0.101. The minimum Gasteiger partial charge on any atom is -0.293 e. The van der Waals surface area contributed by atoms with E-state index in [0.29, 0.717) is 10.6 Å². The number of benzene rings is 1. The van der Waals surface area contributed by atoms with E-state index in [0.717, 1.165) is 10.0 Å². The average Bonchev–Trinajstić information content (AvgIpc) is 2.75. The average molecular weight is 298 g/mol. The van der Waals surface area contributed by atoms with Crippen LogP contribution in [0.4, 0.5) is 0 Å². The molecule has 1 aromatic heterocycles. The predicted molar refractivity (Wildman–Crippen MR) is 78.0 cm³/mol. The van der Waals surface area contributed by atoms with Gasteiger partial charge in [0.2, 0.25) is 0 Å². The van der Waals surface area contributed by atoms with Crippen LogP contribution in [0, 0.1) is 6.92 Å². The molecular weight excluding hydrogens is 286 g/mol. The first-order valence-corrected chi connectivity index (χ1v) is 7.58. The lowest BCUT2D eigenvalue weighted by atomic mass is 10.1. The number of carbonyl (C=O) groups is 1. The Morgan fingerprint density at radius 2 is 2.06 bits per heavy atom. The summed E-state index contributed by atoms with van der Waals surface area (Å²) in [4.78, 5) is 16.5. The van der Waals surface area contributed by atoms with Crippen molar-refractivity contribution in [2.24, 2.45) is 0 Å². The predicted octanol–water partition coefficient (Wildman–Crippen LogP) is 4.47. The van der Waals surface area contributed by atoms with Gasteiger partial charge in [-0.3, -0.25) is 4.79 Å². The molecule has 0 unspecified atom stereocenters. The lowest BCUT2D eigenvalue weighted by Gasteiger charge is -2.08. The zero-order valence-electron chi connectivity index (χ0n) is 10.0. The molecule has 0 aliphatic rings. The Balaban J connectivity index is 2.07. The maximum atomic E-state index is 12.2. The molecule has 0 aliphatic carbocycles. The molecule has 1 heterocycles. The van der Waals surface area contributed by atoms with E-state index in [1.54, 1.807) is 35.6 Å². The fraction of sp³-hybridized carbons (Fsp3) is 0.231. The van der Waals surface area contributed by atoms with Crippen molar-refractivity contribution in [1.82, 2.24) is 4.98 Å². The Bertz CT molecular complexity index is 550. The van der Waals surface area contributed by atoms with E-state index in [9.17, 15) is 4.79 Å². The molecular formula is C13H12ClNOS2. The van der Waals surface area contributed by atoms with Crippen molar-refractivity contribution in [2.45, 2.75) is 23.4 Å². The summed E-state index contributed by atoms with van der Waals surface area (Å²) in [5, 5.41) is 2.49. The van der Waals surface area contributed by atoms with Gasteiger partial charge in [0.1, 0.15) is 0 Å². The molecule has 94 valence electrons. The van der Waals surface area contributed by atoms with Crippen molar-refractivity contribution < 1.29 is 4.79 Å². The van der Waals surface area contributed by atoms with Crippen molar-refractivity contribution in [1.29, 1.82) is 0 Å². The standard InChI is InChI=1S/C13H12ClNOS2/c1-8-7-17-13(15-8)18-9(2)12(16)10-3-5-11(14)6-4-10/h3-7,9H,1-2H3/t9-/m1/s1. The monoisotopic (exact) mass is 297 g/mol. The SMILES string of the molecule is Cc1csc(S[C@H](C)C(=O)c2ccc(Cl)cc2)n1. The van der Waals surface area contributed by atoms with E-state index in [4.69, 9.17) is 11.6 Å². The van der Waals surface area contributed by atoms with Crippen LogP contribution in [0.15, 0.2) is 34.0 Å². The summed E-state index contributed by atoms with van der Waals surface area (Å²) in [5.74, 6) is 0.101. The maximum Gasteiger partial charge on any atom is 0.175 e. The number of hydrogen-bond donors (Lipinski definition) is 0. The summed E-state index contributed by atoms with van der Waals surface area (Å²) >= 11 is 8.87. The number of halogens is 1. The van der Waals surface area contributed by atoms with Crippen LogP contribution in [-0.4, -0.2) is 16.0 Å². The first-order chi connectivity index (χ1) is 8.56. The van der Waals surface area contributed by atoms with Crippen LogP contribution >= 0.6 is 34.7 Å². The van der Waals surface area contributed by atoms with Crippen molar-refractivity contribution in [3.8, 4) is 0 Å². The highest BCUT2D eigenvalue weighted by Crippen LogP contribution is 2.28. The highest BCUT2D eigenvalue weighted by molar-refractivity contribution is 8.02. The third-order valence-electron chi connectivity index (χ3n) is 2.37. The lowest BCUT2D eigenvalue weighted by molar-refractivity contribution is 0.0994. The second-order valence-corrected chi connectivity index (χ2v) is 6.77. The van der Waals surface area contributed by atoms with Crippen molar-refractivity contribution in [3.63, 3.8) is 0 Å². The third kappa shape index (κ3) is 3.34. The number of Topliss-reactive ketones (excluding diaryl/α,β-unsaturated/α-hetero) is 1. The van der Waals surface area contributed by atoms with Gasteiger partial charge in [0.15, 0.2) is 10.1 Å². The van der Waals surface area contributed by atoms with Crippen LogP contribution in [0.2, 0.25) is 5.02 Å². The van der Waals surface area contributed by atoms with Crippen LogP contribution in [0.25, 0.3) is 0 Å². The highest BCUT2D eigenvalue weighted by Gasteiger charge is 2.17. The second kappa shape index (κ2) is 5.87. The van der Waals surface area contributed by atoms with E-state index in [2.05, 4.69) is 4.98 Å².